The number of thioether (sulfide) groups is 1. The number of carboxylic acids is 1. The Bertz CT molecular complexity index is 669. The van der Waals surface area contributed by atoms with Crippen molar-refractivity contribution >= 4 is 35.0 Å². The summed E-state index contributed by atoms with van der Waals surface area (Å²) in [4.78, 5) is 35.0. The minimum Gasteiger partial charge on any atom is -0.548 e. The number of carboxylic acid groups (broad SMARTS) is 1. The standard InChI is InChI=1S/C14H13NO6S/c1-20-9-3-4-10(21-2)8(5-9)6-11-13(18)15(7-12(16)17)14(19)22-11/h3-6H,7H2,1-2H3,(H,16,17)/p-1/b11-6-. The zero-order valence-electron chi connectivity index (χ0n) is 11.8. The monoisotopic (exact) mass is 322 g/mol. The van der Waals surface area contributed by atoms with E-state index in [2.05, 4.69) is 0 Å². The first-order chi connectivity index (χ1) is 10.5. The third-order valence-electron chi connectivity index (χ3n) is 2.88. The maximum Gasteiger partial charge on any atom is 0.293 e. The largest absolute Gasteiger partial charge is 0.548 e. The van der Waals surface area contributed by atoms with Gasteiger partial charge in [-0.25, -0.2) is 0 Å². The van der Waals surface area contributed by atoms with Crippen LogP contribution < -0.4 is 14.6 Å². The summed E-state index contributed by atoms with van der Waals surface area (Å²) in [5, 5.41) is 9.92. The van der Waals surface area contributed by atoms with Gasteiger partial charge in [-0.3, -0.25) is 14.5 Å². The number of carbonyl (C=O) groups excluding carboxylic acids is 3. The average Bonchev–Trinajstić information content (AvgIpc) is 2.74. The molecule has 1 aliphatic heterocycles. The van der Waals surface area contributed by atoms with Gasteiger partial charge in [0.2, 0.25) is 0 Å². The molecule has 2 rings (SSSR count). The van der Waals surface area contributed by atoms with Crippen molar-refractivity contribution in [2.45, 2.75) is 0 Å². The number of methoxy groups -OCH3 is 2. The van der Waals surface area contributed by atoms with Gasteiger partial charge in [0.1, 0.15) is 11.5 Å². The summed E-state index contributed by atoms with van der Waals surface area (Å²) < 4.78 is 10.3. The summed E-state index contributed by atoms with van der Waals surface area (Å²) in [7, 11) is 2.97. The molecule has 0 bridgehead atoms. The minimum atomic E-state index is -1.50. The molecule has 1 fully saturated rings. The van der Waals surface area contributed by atoms with Gasteiger partial charge in [-0.2, -0.15) is 0 Å². The molecule has 1 aromatic rings. The highest BCUT2D eigenvalue weighted by atomic mass is 32.2. The Morgan fingerprint density at radius 2 is 2.05 bits per heavy atom. The van der Waals surface area contributed by atoms with Crippen LogP contribution in [0.1, 0.15) is 5.56 Å². The summed E-state index contributed by atoms with van der Waals surface area (Å²) in [6.07, 6.45) is 1.46. The van der Waals surface area contributed by atoms with Gasteiger partial charge in [0, 0.05) is 5.56 Å². The molecule has 0 radical (unpaired) electrons. The second kappa shape index (κ2) is 6.52. The van der Waals surface area contributed by atoms with Crippen LogP contribution >= 0.6 is 11.8 Å². The number of amides is 2. The minimum absolute atomic E-state index is 0.109. The number of aliphatic carboxylic acids is 1. The number of hydrogen-bond donors (Lipinski definition) is 0. The third-order valence-corrected chi connectivity index (χ3v) is 3.79. The van der Waals surface area contributed by atoms with Crippen LogP contribution in [0.25, 0.3) is 6.08 Å². The fraction of sp³-hybridized carbons (Fsp3) is 0.214. The quantitative estimate of drug-likeness (QED) is 0.728. The predicted octanol–water partition coefficient (Wildman–Crippen LogP) is 0.490. The maximum atomic E-state index is 12.1. The van der Waals surface area contributed by atoms with E-state index in [1.165, 1.54) is 20.3 Å². The average molecular weight is 322 g/mol. The molecule has 1 heterocycles. The number of benzene rings is 1. The van der Waals surface area contributed by atoms with Crippen molar-refractivity contribution in [1.29, 1.82) is 0 Å². The summed E-state index contributed by atoms with van der Waals surface area (Å²) in [6, 6.07) is 5.00. The Morgan fingerprint density at radius 3 is 2.64 bits per heavy atom. The number of imide groups is 1. The molecule has 0 saturated carbocycles. The molecular weight excluding hydrogens is 310 g/mol. The van der Waals surface area contributed by atoms with Crippen LogP contribution in [0.15, 0.2) is 23.1 Å². The van der Waals surface area contributed by atoms with Crippen molar-refractivity contribution in [2.75, 3.05) is 20.8 Å². The lowest BCUT2D eigenvalue weighted by atomic mass is 10.1. The highest BCUT2D eigenvalue weighted by Gasteiger charge is 2.35. The Morgan fingerprint density at radius 1 is 1.32 bits per heavy atom. The number of hydrogen-bond acceptors (Lipinski definition) is 7. The van der Waals surface area contributed by atoms with Gasteiger partial charge in [0.25, 0.3) is 11.1 Å². The smallest absolute Gasteiger partial charge is 0.293 e. The van der Waals surface area contributed by atoms with Crippen molar-refractivity contribution in [1.82, 2.24) is 4.90 Å². The van der Waals surface area contributed by atoms with Crippen LogP contribution in [0, 0.1) is 0 Å². The second-order valence-electron chi connectivity index (χ2n) is 4.25. The number of nitrogens with zero attached hydrogens (tertiary/aromatic N) is 1. The van der Waals surface area contributed by atoms with E-state index in [1.807, 2.05) is 0 Å². The second-order valence-corrected chi connectivity index (χ2v) is 5.24. The van der Waals surface area contributed by atoms with E-state index in [0.29, 0.717) is 33.7 Å². The molecule has 0 aromatic heterocycles. The molecule has 0 unspecified atom stereocenters. The Kier molecular flexibility index (Phi) is 4.71. The van der Waals surface area contributed by atoms with Crippen LogP contribution in [0.5, 0.6) is 11.5 Å². The van der Waals surface area contributed by atoms with E-state index in [9.17, 15) is 19.5 Å². The third kappa shape index (κ3) is 3.22. The first-order valence-corrected chi connectivity index (χ1v) is 6.95. The van der Waals surface area contributed by atoms with Crippen LogP contribution in [-0.4, -0.2) is 42.8 Å². The van der Waals surface area contributed by atoms with Crippen molar-refractivity contribution in [3.8, 4) is 11.5 Å². The predicted molar refractivity (Wildman–Crippen MR) is 77.2 cm³/mol. The molecule has 2 amide bonds. The summed E-state index contributed by atoms with van der Waals surface area (Å²) in [5.41, 5.74) is 0.542. The Balaban J connectivity index is 2.36. The highest BCUT2D eigenvalue weighted by Crippen LogP contribution is 2.34. The lowest BCUT2D eigenvalue weighted by Gasteiger charge is -2.12. The van der Waals surface area contributed by atoms with Gasteiger partial charge in [-0.05, 0) is 36.0 Å². The van der Waals surface area contributed by atoms with E-state index >= 15 is 0 Å². The molecule has 116 valence electrons. The number of carbonyl (C=O) groups is 3. The summed E-state index contributed by atoms with van der Waals surface area (Å²) in [5.74, 6) is -1.12. The molecule has 0 atom stereocenters. The van der Waals surface area contributed by atoms with Crippen molar-refractivity contribution in [2.24, 2.45) is 0 Å². The fourth-order valence-electron chi connectivity index (χ4n) is 1.86. The first-order valence-electron chi connectivity index (χ1n) is 6.13. The zero-order valence-corrected chi connectivity index (χ0v) is 12.6. The van der Waals surface area contributed by atoms with Crippen molar-refractivity contribution in [3.05, 3.63) is 28.7 Å². The first kappa shape index (κ1) is 15.9. The van der Waals surface area contributed by atoms with E-state index < -0.39 is 23.7 Å². The van der Waals surface area contributed by atoms with Gasteiger partial charge < -0.3 is 19.4 Å². The lowest BCUT2D eigenvalue weighted by Crippen LogP contribution is -2.40. The van der Waals surface area contributed by atoms with Crippen LogP contribution in [-0.2, 0) is 9.59 Å². The summed E-state index contributed by atoms with van der Waals surface area (Å²) in [6.45, 7) is -0.767. The normalized spacial score (nSPS) is 16.3. The molecular formula is C14H12NO6S-. The van der Waals surface area contributed by atoms with E-state index in [4.69, 9.17) is 9.47 Å². The van der Waals surface area contributed by atoms with E-state index in [0.717, 1.165) is 0 Å². The van der Waals surface area contributed by atoms with E-state index in [1.54, 1.807) is 18.2 Å². The number of rotatable bonds is 5. The highest BCUT2D eigenvalue weighted by molar-refractivity contribution is 8.18. The maximum absolute atomic E-state index is 12.1. The van der Waals surface area contributed by atoms with Crippen LogP contribution in [0.3, 0.4) is 0 Å². The summed E-state index contributed by atoms with van der Waals surface area (Å²) >= 11 is 0.662. The molecule has 0 N–H and O–H groups in total. The zero-order chi connectivity index (χ0) is 16.3. The van der Waals surface area contributed by atoms with Gasteiger partial charge in [0.05, 0.1) is 31.6 Å². The van der Waals surface area contributed by atoms with Gasteiger partial charge in [-0.1, -0.05) is 0 Å². The molecule has 7 nitrogen and oxygen atoms in total. The molecule has 0 spiro atoms. The molecule has 1 saturated heterocycles. The van der Waals surface area contributed by atoms with Crippen LogP contribution in [0.2, 0.25) is 0 Å². The lowest BCUT2D eigenvalue weighted by molar-refractivity contribution is -0.305. The topological polar surface area (TPSA) is 96.0 Å². The fourth-order valence-corrected chi connectivity index (χ4v) is 2.69. The van der Waals surface area contributed by atoms with E-state index in [-0.39, 0.29) is 4.91 Å². The van der Waals surface area contributed by atoms with Gasteiger partial charge in [-0.15, -0.1) is 0 Å². The SMILES string of the molecule is COc1ccc(OC)c(/C=C2\SC(=O)N(CC(=O)[O-])C2=O)c1. The van der Waals surface area contributed by atoms with Crippen LogP contribution in [0.4, 0.5) is 4.79 Å². The van der Waals surface area contributed by atoms with Crippen molar-refractivity contribution in [3.63, 3.8) is 0 Å². The molecule has 0 aliphatic carbocycles. The van der Waals surface area contributed by atoms with Gasteiger partial charge >= 0.3 is 0 Å². The number of ether oxygens (including phenoxy) is 2. The molecule has 22 heavy (non-hydrogen) atoms. The molecule has 1 aromatic carbocycles. The van der Waals surface area contributed by atoms with Gasteiger partial charge in [0.15, 0.2) is 0 Å². The molecule has 8 heteroatoms. The Hall–Kier alpha value is -2.48. The van der Waals surface area contributed by atoms with Crippen molar-refractivity contribution < 1.29 is 29.0 Å². The Labute approximate surface area is 130 Å². The molecule has 1 aliphatic rings.